The summed E-state index contributed by atoms with van der Waals surface area (Å²) in [6.07, 6.45) is 4.83. The molecule has 0 aliphatic heterocycles. The maximum absolute atomic E-state index is 12.2. The maximum atomic E-state index is 12.2. The van der Waals surface area contributed by atoms with Crippen LogP contribution in [0.15, 0.2) is 24.3 Å². The number of carbonyl (C=O) groups excluding carboxylic acids is 1. The topological polar surface area (TPSA) is 75.6 Å². The Balaban J connectivity index is 1.69. The van der Waals surface area contributed by atoms with Gasteiger partial charge in [-0.25, -0.2) is 0 Å². The summed E-state index contributed by atoms with van der Waals surface area (Å²) >= 11 is 0. The molecule has 2 aliphatic carbocycles. The van der Waals surface area contributed by atoms with Crippen LogP contribution < -0.4 is 10.1 Å². The largest absolute Gasteiger partial charge is 0.497 e. The Bertz CT molecular complexity index is 607. The average molecular weight is 317 g/mol. The average Bonchev–Trinajstić information content (AvgIpc) is 3.24. The zero-order valence-corrected chi connectivity index (χ0v) is 13.4. The van der Waals surface area contributed by atoms with Crippen LogP contribution in [0.25, 0.3) is 0 Å². The number of carboxylic acids is 1. The number of carbonyl (C=O) groups is 2. The molecule has 1 aromatic rings. The van der Waals surface area contributed by atoms with E-state index in [2.05, 4.69) is 17.4 Å². The van der Waals surface area contributed by atoms with E-state index in [9.17, 15) is 9.59 Å². The summed E-state index contributed by atoms with van der Waals surface area (Å²) in [5.41, 5.74) is 1.14. The molecule has 2 unspecified atom stereocenters. The van der Waals surface area contributed by atoms with E-state index in [4.69, 9.17) is 9.84 Å². The first-order chi connectivity index (χ1) is 11.1. The lowest BCUT2D eigenvalue weighted by Crippen LogP contribution is -2.40. The molecule has 2 aliphatic rings. The molecule has 2 fully saturated rings. The number of amides is 1. The number of hydrogen-bond acceptors (Lipinski definition) is 3. The van der Waals surface area contributed by atoms with Crippen LogP contribution in [0.4, 0.5) is 0 Å². The van der Waals surface area contributed by atoms with Crippen molar-refractivity contribution in [1.29, 1.82) is 0 Å². The summed E-state index contributed by atoms with van der Waals surface area (Å²) in [5, 5.41) is 11.9. The Morgan fingerprint density at radius 1 is 1.30 bits per heavy atom. The molecule has 0 radical (unpaired) electrons. The van der Waals surface area contributed by atoms with Gasteiger partial charge in [-0.05, 0) is 37.0 Å². The molecule has 1 amide bonds. The molecule has 5 nitrogen and oxygen atoms in total. The zero-order valence-electron chi connectivity index (χ0n) is 13.4. The van der Waals surface area contributed by atoms with Crippen molar-refractivity contribution in [1.82, 2.24) is 5.32 Å². The summed E-state index contributed by atoms with van der Waals surface area (Å²) in [6, 6.07) is 8.05. The molecule has 0 bridgehead atoms. The molecule has 2 saturated carbocycles. The first-order valence-electron chi connectivity index (χ1n) is 8.21. The number of rotatable bonds is 6. The van der Waals surface area contributed by atoms with Gasteiger partial charge in [-0.2, -0.15) is 0 Å². The van der Waals surface area contributed by atoms with E-state index in [0.29, 0.717) is 13.0 Å². The van der Waals surface area contributed by atoms with Gasteiger partial charge in [0.25, 0.3) is 0 Å². The highest BCUT2D eigenvalue weighted by Crippen LogP contribution is 2.42. The summed E-state index contributed by atoms with van der Waals surface area (Å²) < 4.78 is 5.32. The molecule has 0 aromatic heterocycles. The normalized spacial score (nSPS) is 24.9. The number of methoxy groups -OCH3 is 1. The first-order valence-corrected chi connectivity index (χ1v) is 8.21. The van der Waals surface area contributed by atoms with E-state index in [0.717, 1.165) is 31.4 Å². The summed E-state index contributed by atoms with van der Waals surface area (Å²) in [6.45, 7) is 0.571. The van der Waals surface area contributed by atoms with Crippen LogP contribution in [0.5, 0.6) is 5.75 Å². The van der Waals surface area contributed by atoms with Crippen molar-refractivity contribution < 1.29 is 19.4 Å². The minimum absolute atomic E-state index is 0.0577. The van der Waals surface area contributed by atoms with Crippen LogP contribution in [0.2, 0.25) is 0 Å². The van der Waals surface area contributed by atoms with Crippen LogP contribution in [0, 0.1) is 11.8 Å². The number of benzene rings is 1. The lowest BCUT2D eigenvalue weighted by Gasteiger charge is -2.30. The fourth-order valence-corrected chi connectivity index (χ4v) is 3.72. The van der Waals surface area contributed by atoms with Crippen LogP contribution in [0.3, 0.4) is 0 Å². The predicted octanol–water partition coefficient (Wildman–Crippen LogP) is 2.34. The monoisotopic (exact) mass is 317 g/mol. The molecule has 0 heterocycles. The lowest BCUT2D eigenvalue weighted by molar-refractivity contribution is -0.140. The van der Waals surface area contributed by atoms with Gasteiger partial charge >= 0.3 is 5.97 Å². The van der Waals surface area contributed by atoms with Gasteiger partial charge in [0.15, 0.2) is 0 Å². The highest BCUT2D eigenvalue weighted by Gasteiger charge is 2.48. The van der Waals surface area contributed by atoms with Crippen LogP contribution >= 0.6 is 0 Å². The van der Waals surface area contributed by atoms with Crippen molar-refractivity contribution in [3.8, 4) is 5.75 Å². The zero-order chi connectivity index (χ0) is 16.4. The predicted molar refractivity (Wildman–Crippen MR) is 85.4 cm³/mol. The third-order valence-electron chi connectivity index (χ3n) is 5.29. The number of hydrogen-bond donors (Lipinski definition) is 2. The standard InChI is InChI=1S/C18H23NO4/c1-23-13-6-4-5-12(9-13)18(7-2-3-8-18)11-19-16(20)14-10-15(14)17(21)22/h4-6,9,14-15H,2-3,7-8,10-11H2,1H3,(H,19,20)(H,21,22). The Morgan fingerprint density at radius 3 is 2.65 bits per heavy atom. The maximum Gasteiger partial charge on any atom is 0.307 e. The van der Waals surface area contributed by atoms with Crippen molar-refractivity contribution in [3.63, 3.8) is 0 Å². The number of aliphatic carboxylic acids is 1. The Kier molecular flexibility index (Phi) is 4.28. The highest BCUT2D eigenvalue weighted by atomic mass is 16.5. The van der Waals surface area contributed by atoms with Crippen molar-refractivity contribution in [2.24, 2.45) is 11.8 Å². The number of ether oxygens (including phenoxy) is 1. The van der Waals surface area contributed by atoms with Gasteiger partial charge in [0.05, 0.1) is 18.9 Å². The van der Waals surface area contributed by atoms with Crippen molar-refractivity contribution in [2.75, 3.05) is 13.7 Å². The SMILES string of the molecule is COc1cccc(C2(CNC(=O)C3CC3C(=O)O)CCCC2)c1. The molecule has 5 heteroatoms. The molecule has 3 rings (SSSR count). The number of carboxylic acid groups (broad SMARTS) is 1. The third-order valence-corrected chi connectivity index (χ3v) is 5.29. The first kappa shape index (κ1) is 15.8. The molecule has 0 spiro atoms. The molecular formula is C18H23NO4. The van der Waals surface area contributed by atoms with Crippen LogP contribution in [-0.2, 0) is 15.0 Å². The Labute approximate surface area is 136 Å². The minimum Gasteiger partial charge on any atom is -0.497 e. The van der Waals surface area contributed by atoms with Gasteiger partial charge in [-0.15, -0.1) is 0 Å². The third kappa shape index (κ3) is 3.19. The molecule has 2 atom stereocenters. The lowest BCUT2D eigenvalue weighted by atomic mass is 9.78. The Hall–Kier alpha value is -2.04. The van der Waals surface area contributed by atoms with Gasteiger partial charge in [-0.3, -0.25) is 9.59 Å². The minimum atomic E-state index is -0.867. The second kappa shape index (κ2) is 6.22. The van der Waals surface area contributed by atoms with Gasteiger partial charge < -0.3 is 15.2 Å². The van der Waals surface area contributed by atoms with Crippen LogP contribution in [-0.4, -0.2) is 30.6 Å². The fourth-order valence-electron chi connectivity index (χ4n) is 3.72. The smallest absolute Gasteiger partial charge is 0.307 e. The van der Waals surface area contributed by atoms with E-state index in [1.807, 2.05) is 12.1 Å². The van der Waals surface area contributed by atoms with E-state index in [1.165, 1.54) is 5.56 Å². The molecule has 1 aromatic carbocycles. The second-order valence-corrected chi connectivity index (χ2v) is 6.72. The molecule has 0 saturated heterocycles. The molecule has 2 N–H and O–H groups in total. The van der Waals surface area contributed by atoms with Crippen molar-refractivity contribution >= 4 is 11.9 Å². The Morgan fingerprint density at radius 2 is 2.04 bits per heavy atom. The van der Waals surface area contributed by atoms with Crippen LogP contribution in [0.1, 0.15) is 37.7 Å². The number of nitrogens with one attached hydrogen (secondary N) is 1. The summed E-state index contributed by atoms with van der Waals surface area (Å²) in [4.78, 5) is 23.1. The summed E-state index contributed by atoms with van der Waals surface area (Å²) in [5.74, 6) is -1.00. The summed E-state index contributed by atoms with van der Waals surface area (Å²) in [7, 11) is 1.65. The van der Waals surface area contributed by atoms with Gasteiger partial charge in [0.1, 0.15) is 5.75 Å². The highest BCUT2D eigenvalue weighted by molar-refractivity contribution is 5.89. The fraction of sp³-hybridized carbons (Fsp3) is 0.556. The van der Waals surface area contributed by atoms with Crippen molar-refractivity contribution in [2.45, 2.75) is 37.5 Å². The van der Waals surface area contributed by atoms with Crippen molar-refractivity contribution in [3.05, 3.63) is 29.8 Å². The van der Waals surface area contributed by atoms with Gasteiger partial charge in [0, 0.05) is 12.0 Å². The van der Waals surface area contributed by atoms with E-state index >= 15 is 0 Å². The molecule has 124 valence electrons. The van der Waals surface area contributed by atoms with E-state index < -0.39 is 11.9 Å². The van der Waals surface area contributed by atoms with E-state index in [-0.39, 0.29) is 17.2 Å². The van der Waals surface area contributed by atoms with E-state index in [1.54, 1.807) is 7.11 Å². The van der Waals surface area contributed by atoms with Gasteiger partial charge in [0.2, 0.25) is 5.91 Å². The quantitative estimate of drug-likeness (QED) is 0.844. The molecular weight excluding hydrogens is 294 g/mol. The van der Waals surface area contributed by atoms with Gasteiger partial charge in [-0.1, -0.05) is 25.0 Å². The second-order valence-electron chi connectivity index (χ2n) is 6.72. The molecule has 23 heavy (non-hydrogen) atoms.